The number of aliphatic carboxylic acids is 1. The van der Waals surface area contributed by atoms with Crippen molar-refractivity contribution >= 4 is 21.9 Å². The van der Waals surface area contributed by atoms with Crippen molar-refractivity contribution in [1.29, 1.82) is 0 Å². The third-order valence-electron chi connectivity index (χ3n) is 3.56. The predicted molar refractivity (Wildman–Crippen MR) is 74.4 cm³/mol. The van der Waals surface area contributed by atoms with Gasteiger partial charge >= 0.3 is 5.97 Å². The summed E-state index contributed by atoms with van der Waals surface area (Å²) in [6.45, 7) is 0.849. The van der Waals surface area contributed by atoms with Crippen LogP contribution in [-0.4, -0.2) is 17.1 Å². The SMILES string of the molecule is O=C(O)C1CCC(NCc2cccc(Br)c2)CC1. The molecular weight excluding hydrogens is 294 g/mol. The van der Waals surface area contributed by atoms with Gasteiger partial charge in [0.15, 0.2) is 0 Å². The molecular formula is C14H18BrNO2. The van der Waals surface area contributed by atoms with Crippen LogP contribution in [0.1, 0.15) is 31.2 Å². The molecule has 2 N–H and O–H groups in total. The van der Waals surface area contributed by atoms with Crippen LogP contribution >= 0.6 is 15.9 Å². The minimum Gasteiger partial charge on any atom is -0.481 e. The fourth-order valence-electron chi connectivity index (χ4n) is 2.45. The van der Waals surface area contributed by atoms with Gasteiger partial charge in [0.2, 0.25) is 0 Å². The fraction of sp³-hybridized carbons (Fsp3) is 0.500. The number of nitrogens with one attached hydrogen (secondary N) is 1. The summed E-state index contributed by atoms with van der Waals surface area (Å²) in [5.74, 6) is -0.769. The molecule has 98 valence electrons. The largest absolute Gasteiger partial charge is 0.481 e. The number of halogens is 1. The van der Waals surface area contributed by atoms with E-state index in [9.17, 15) is 4.79 Å². The van der Waals surface area contributed by atoms with E-state index in [-0.39, 0.29) is 5.92 Å². The van der Waals surface area contributed by atoms with Crippen LogP contribution in [0.4, 0.5) is 0 Å². The second-order valence-corrected chi connectivity index (χ2v) is 5.81. The molecule has 0 bridgehead atoms. The molecule has 3 nitrogen and oxygen atoms in total. The number of carboxylic acids is 1. The quantitative estimate of drug-likeness (QED) is 0.898. The maximum Gasteiger partial charge on any atom is 0.306 e. The number of carboxylic acid groups (broad SMARTS) is 1. The summed E-state index contributed by atoms with van der Waals surface area (Å²) in [5.41, 5.74) is 1.25. The molecule has 1 fully saturated rings. The van der Waals surface area contributed by atoms with Crippen LogP contribution in [0.2, 0.25) is 0 Å². The van der Waals surface area contributed by atoms with Crippen molar-refractivity contribution in [1.82, 2.24) is 5.32 Å². The van der Waals surface area contributed by atoms with Gasteiger partial charge in [-0.2, -0.15) is 0 Å². The Morgan fingerprint density at radius 2 is 2.06 bits per heavy atom. The third-order valence-corrected chi connectivity index (χ3v) is 4.05. The molecule has 0 heterocycles. The van der Waals surface area contributed by atoms with Crippen LogP contribution in [0.15, 0.2) is 28.7 Å². The van der Waals surface area contributed by atoms with Crippen molar-refractivity contribution in [2.24, 2.45) is 5.92 Å². The van der Waals surface area contributed by atoms with E-state index in [1.54, 1.807) is 0 Å². The summed E-state index contributed by atoms with van der Waals surface area (Å²) in [5, 5.41) is 12.4. The maximum absolute atomic E-state index is 10.9. The summed E-state index contributed by atoms with van der Waals surface area (Å²) in [6.07, 6.45) is 3.52. The fourth-order valence-corrected chi connectivity index (χ4v) is 2.90. The highest BCUT2D eigenvalue weighted by Gasteiger charge is 2.25. The second-order valence-electron chi connectivity index (χ2n) is 4.90. The summed E-state index contributed by atoms with van der Waals surface area (Å²) in [4.78, 5) is 10.9. The van der Waals surface area contributed by atoms with Crippen LogP contribution in [0.5, 0.6) is 0 Å². The van der Waals surface area contributed by atoms with E-state index in [0.29, 0.717) is 6.04 Å². The molecule has 4 heteroatoms. The third kappa shape index (κ3) is 3.82. The van der Waals surface area contributed by atoms with E-state index >= 15 is 0 Å². The van der Waals surface area contributed by atoms with Crippen molar-refractivity contribution in [3.63, 3.8) is 0 Å². The van der Waals surface area contributed by atoms with E-state index in [2.05, 4.69) is 33.4 Å². The summed E-state index contributed by atoms with van der Waals surface area (Å²) < 4.78 is 1.09. The van der Waals surface area contributed by atoms with Gasteiger partial charge in [-0.05, 0) is 43.4 Å². The monoisotopic (exact) mass is 311 g/mol. The molecule has 2 rings (SSSR count). The molecule has 0 spiro atoms. The second kappa shape index (κ2) is 6.34. The van der Waals surface area contributed by atoms with Crippen molar-refractivity contribution in [2.45, 2.75) is 38.3 Å². The molecule has 0 aromatic heterocycles. The zero-order chi connectivity index (χ0) is 13.0. The van der Waals surface area contributed by atoms with Gasteiger partial charge in [-0.3, -0.25) is 4.79 Å². The average molecular weight is 312 g/mol. The Kier molecular flexibility index (Phi) is 4.78. The van der Waals surface area contributed by atoms with Gasteiger partial charge in [0.25, 0.3) is 0 Å². The number of benzene rings is 1. The van der Waals surface area contributed by atoms with Crippen LogP contribution in [-0.2, 0) is 11.3 Å². The lowest BCUT2D eigenvalue weighted by atomic mass is 9.86. The zero-order valence-electron chi connectivity index (χ0n) is 10.2. The molecule has 1 saturated carbocycles. The van der Waals surface area contributed by atoms with Gasteiger partial charge in [-0.25, -0.2) is 0 Å². The van der Waals surface area contributed by atoms with Gasteiger partial charge < -0.3 is 10.4 Å². The minimum absolute atomic E-state index is 0.131. The first-order valence-corrected chi connectivity index (χ1v) is 7.15. The van der Waals surface area contributed by atoms with E-state index in [1.165, 1.54) is 5.56 Å². The zero-order valence-corrected chi connectivity index (χ0v) is 11.8. The Balaban J connectivity index is 1.77. The Morgan fingerprint density at radius 3 is 2.67 bits per heavy atom. The summed E-state index contributed by atoms with van der Waals surface area (Å²) in [7, 11) is 0. The van der Waals surface area contributed by atoms with Crippen LogP contribution in [0.3, 0.4) is 0 Å². The van der Waals surface area contributed by atoms with E-state index < -0.39 is 5.97 Å². The highest BCUT2D eigenvalue weighted by Crippen LogP contribution is 2.24. The number of hydrogen-bond donors (Lipinski definition) is 2. The Hall–Kier alpha value is -0.870. The summed E-state index contributed by atoms with van der Waals surface area (Å²) in [6, 6.07) is 8.71. The van der Waals surface area contributed by atoms with Crippen molar-refractivity contribution in [3.8, 4) is 0 Å². The van der Waals surface area contributed by atoms with E-state index in [4.69, 9.17) is 5.11 Å². The lowest BCUT2D eigenvalue weighted by Crippen LogP contribution is -2.34. The molecule has 0 unspecified atom stereocenters. The Bertz CT molecular complexity index is 414. The molecule has 18 heavy (non-hydrogen) atoms. The van der Waals surface area contributed by atoms with E-state index in [1.807, 2.05) is 12.1 Å². The molecule has 1 aliphatic rings. The normalized spacial score (nSPS) is 23.8. The average Bonchev–Trinajstić information content (AvgIpc) is 2.37. The summed E-state index contributed by atoms with van der Waals surface area (Å²) >= 11 is 3.46. The highest BCUT2D eigenvalue weighted by atomic mass is 79.9. The van der Waals surface area contributed by atoms with Crippen LogP contribution < -0.4 is 5.32 Å². The van der Waals surface area contributed by atoms with Crippen molar-refractivity contribution < 1.29 is 9.90 Å². The van der Waals surface area contributed by atoms with Gasteiger partial charge in [0.05, 0.1) is 5.92 Å². The Morgan fingerprint density at radius 1 is 1.33 bits per heavy atom. The molecule has 0 radical (unpaired) electrons. The van der Waals surface area contributed by atoms with Crippen molar-refractivity contribution in [2.75, 3.05) is 0 Å². The molecule has 1 aromatic carbocycles. The molecule has 1 aliphatic carbocycles. The van der Waals surface area contributed by atoms with Gasteiger partial charge in [-0.15, -0.1) is 0 Å². The standard InChI is InChI=1S/C14H18BrNO2/c15-12-3-1-2-10(8-12)9-16-13-6-4-11(5-7-13)14(17)18/h1-3,8,11,13,16H,4-7,9H2,(H,17,18). The lowest BCUT2D eigenvalue weighted by molar-refractivity contribution is -0.142. The maximum atomic E-state index is 10.9. The number of rotatable bonds is 4. The minimum atomic E-state index is -0.638. The van der Waals surface area contributed by atoms with E-state index in [0.717, 1.165) is 36.7 Å². The molecule has 1 aromatic rings. The van der Waals surface area contributed by atoms with Gasteiger partial charge in [-0.1, -0.05) is 28.1 Å². The smallest absolute Gasteiger partial charge is 0.306 e. The first-order chi connectivity index (χ1) is 8.65. The Labute approximate surface area is 116 Å². The predicted octanol–water partition coefficient (Wildman–Crippen LogP) is 3.18. The van der Waals surface area contributed by atoms with Crippen LogP contribution in [0.25, 0.3) is 0 Å². The first kappa shape index (κ1) is 13.6. The molecule has 0 amide bonds. The van der Waals surface area contributed by atoms with Crippen LogP contribution in [0, 0.1) is 5.92 Å². The van der Waals surface area contributed by atoms with Gasteiger partial charge in [0, 0.05) is 17.1 Å². The van der Waals surface area contributed by atoms with Crippen molar-refractivity contribution in [3.05, 3.63) is 34.3 Å². The lowest BCUT2D eigenvalue weighted by Gasteiger charge is -2.27. The molecule has 0 aliphatic heterocycles. The number of hydrogen-bond acceptors (Lipinski definition) is 2. The molecule has 0 atom stereocenters. The number of carbonyl (C=O) groups is 1. The van der Waals surface area contributed by atoms with Gasteiger partial charge in [0.1, 0.15) is 0 Å². The first-order valence-electron chi connectivity index (χ1n) is 6.36. The topological polar surface area (TPSA) is 49.3 Å². The highest BCUT2D eigenvalue weighted by molar-refractivity contribution is 9.10. The molecule has 0 saturated heterocycles.